The van der Waals surface area contributed by atoms with Gasteiger partial charge in [-0.2, -0.15) is 0 Å². The van der Waals surface area contributed by atoms with Gasteiger partial charge < -0.3 is 25.0 Å². The fourth-order valence-corrected chi connectivity index (χ4v) is 5.67. The van der Waals surface area contributed by atoms with E-state index in [1.54, 1.807) is 13.2 Å². The molecule has 2 aliphatic heterocycles. The van der Waals surface area contributed by atoms with Crippen LogP contribution in [0, 0.1) is 5.92 Å². The lowest BCUT2D eigenvalue weighted by Gasteiger charge is -2.40. The van der Waals surface area contributed by atoms with Crippen molar-refractivity contribution in [1.29, 1.82) is 0 Å². The minimum atomic E-state index is -0.185. The highest BCUT2D eigenvalue weighted by molar-refractivity contribution is 5.92. The molecule has 3 aliphatic rings. The Morgan fingerprint density at radius 1 is 1.19 bits per heavy atom. The average molecular weight is 434 g/mol. The van der Waals surface area contributed by atoms with E-state index in [0.717, 1.165) is 52.8 Å². The Hall–Kier alpha value is -2.92. The highest BCUT2D eigenvalue weighted by atomic mass is 16.5. The molecule has 3 N–H and O–H groups in total. The SMILES string of the molecule is COc1c(O)ccc2c1-c1ccc3c(c1[C@H]([C@@H]1C=C(CO)CCC1)O2)C(C)=CC(C)(C)N3. The Morgan fingerprint density at radius 3 is 2.75 bits per heavy atom. The van der Waals surface area contributed by atoms with Crippen LogP contribution in [0.4, 0.5) is 5.69 Å². The van der Waals surface area contributed by atoms with Gasteiger partial charge in [0.2, 0.25) is 0 Å². The van der Waals surface area contributed by atoms with Crippen LogP contribution in [0.5, 0.6) is 17.2 Å². The maximum absolute atomic E-state index is 10.5. The van der Waals surface area contributed by atoms with E-state index in [0.29, 0.717) is 11.5 Å². The summed E-state index contributed by atoms with van der Waals surface area (Å²) in [6.07, 6.45) is 7.26. The molecule has 0 radical (unpaired) electrons. The van der Waals surface area contributed by atoms with Crippen molar-refractivity contribution in [1.82, 2.24) is 0 Å². The lowest BCUT2D eigenvalue weighted by molar-refractivity contribution is 0.143. The molecule has 2 atom stereocenters. The third kappa shape index (κ3) is 3.27. The van der Waals surface area contributed by atoms with E-state index in [1.165, 1.54) is 5.57 Å². The normalized spacial score (nSPS) is 22.9. The number of hydrogen-bond donors (Lipinski definition) is 3. The largest absolute Gasteiger partial charge is 0.504 e. The number of rotatable bonds is 3. The highest BCUT2D eigenvalue weighted by Crippen LogP contribution is 2.56. The average Bonchev–Trinajstić information content (AvgIpc) is 2.77. The molecule has 0 unspecified atom stereocenters. The minimum absolute atomic E-state index is 0.0932. The Kier molecular flexibility index (Phi) is 4.97. The number of hydrogen-bond acceptors (Lipinski definition) is 5. The zero-order valence-electron chi connectivity index (χ0n) is 19.2. The Labute approximate surface area is 189 Å². The fourth-order valence-electron chi connectivity index (χ4n) is 5.67. The van der Waals surface area contributed by atoms with Crippen LogP contribution in [0.3, 0.4) is 0 Å². The molecule has 0 bridgehead atoms. The summed E-state index contributed by atoms with van der Waals surface area (Å²) >= 11 is 0. The summed E-state index contributed by atoms with van der Waals surface area (Å²) in [5.74, 6) is 1.41. The molecular weight excluding hydrogens is 402 g/mol. The highest BCUT2D eigenvalue weighted by Gasteiger charge is 2.39. The number of ether oxygens (including phenoxy) is 2. The van der Waals surface area contributed by atoms with Crippen LogP contribution in [0.25, 0.3) is 16.7 Å². The quantitative estimate of drug-likeness (QED) is 0.532. The maximum atomic E-state index is 10.5. The molecule has 168 valence electrons. The predicted molar refractivity (Wildman–Crippen MR) is 127 cm³/mol. The van der Waals surface area contributed by atoms with E-state index in [2.05, 4.69) is 50.4 Å². The molecule has 0 fully saturated rings. The van der Waals surface area contributed by atoms with Gasteiger partial charge in [-0.3, -0.25) is 0 Å². The van der Waals surface area contributed by atoms with Crippen molar-refractivity contribution < 1.29 is 19.7 Å². The number of aliphatic hydroxyl groups is 1. The van der Waals surface area contributed by atoms with Gasteiger partial charge in [-0.1, -0.05) is 18.2 Å². The lowest BCUT2D eigenvalue weighted by atomic mass is 9.76. The molecule has 2 aromatic carbocycles. The zero-order chi connectivity index (χ0) is 22.6. The summed E-state index contributed by atoms with van der Waals surface area (Å²) in [5.41, 5.74) is 7.34. The molecule has 5 nitrogen and oxygen atoms in total. The molecule has 32 heavy (non-hydrogen) atoms. The molecule has 0 aromatic heterocycles. The van der Waals surface area contributed by atoms with Gasteiger partial charge in [-0.15, -0.1) is 0 Å². The number of benzene rings is 2. The lowest BCUT2D eigenvalue weighted by Crippen LogP contribution is -2.33. The van der Waals surface area contributed by atoms with Gasteiger partial charge in [-0.25, -0.2) is 0 Å². The van der Waals surface area contributed by atoms with Gasteiger partial charge in [0.05, 0.1) is 24.8 Å². The summed E-state index contributed by atoms with van der Waals surface area (Å²) in [7, 11) is 1.58. The second-order valence-electron chi connectivity index (χ2n) is 9.69. The number of phenols is 1. The van der Waals surface area contributed by atoms with Gasteiger partial charge in [0.1, 0.15) is 11.9 Å². The zero-order valence-corrected chi connectivity index (χ0v) is 19.2. The van der Waals surface area contributed by atoms with Crippen LogP contribution in [-0.4, -0.2) is 29.5 Å². The molecule has 1 aliphatic carbocycles. The summed E-state index contributed by atoms with van der Waals surface area (Å²) < 4.78 is 12.3. The van der Waals surface area contributed by atoms with E-state index in [4.69, 9.17) is 9.47 Å². The molecular formula is C27H31NO4. The second-order valence-corrected chi connectivity index (χ2v) is 9.69. The van der Waals surface area contributed by atoms with Crippen molar-refractivity contribution in [3.8, 4) is 28.4 Å². The Balaban J connectivity index is 1.78. The number of anilines is 1. The van der Waals surface area contributed by atoms with Crippen molar-refractivity contribution in [2.24, 2.45) is 5.92 Å². The fraction of sp³-hybridized carbons (Fsp3) is 0.407. The van der Waals surface area contributed by atoms with Crippen LogP contribution in [0.15, 0.2) is 42.0 Å². The number of phenolic OH excluding ortho intramolecular Hbond substituents is 1. The second kappa shape index (κ2) is 7.59. The molecule has 0 saturated heterocycles. The number of fused-ring (bicyclic) bond motifs is 5. The van der Waals surface area contributed by atoms with Crippen LogP contribution in [0.2, 0.25) is 0 Å². The van der Waals surface area contributed by atoms with Crippen molar-refractivity contribution in [2.45, 2.75) is 51.7 Å². The number of allylic oxidation sites excluding steroid dienone is 1. The van der Waals surface area contributed by atoms with Crippen molar-refractivity contribution in [3.63, 3.8) is 0 Å². The van der Waals surface area contributed by atoms with Crippen LogP contribution in [-0.2, 0) is 0 Å². The molecule has 0 amide bonds. The number of methoxy groups -OCH3 is 1. The number of nitrogens with one attached hydrogen (secondary N) is 1. The summed E-state index contributed by atoms with van der Waals surface area (Å²) in [5, 5.41) is 23.9. The minimum Gasteiger partial charge on any atom is -0.504 e. The van der Waals surface area contributed by atoms with Crippen LogP contribution in [0.1, 0.15) is 57.3 Å². The smallest absolute Gasteiger partial charge is 0.172 e. The van der Waals surface area contributed by atoms with Crippen LogP contribution < -0.4 is 14.8 Å². The van der Waals surface area contributed by atoms with E-state index in [1.807, 2.05) is 6.07 Å². The number of aliphatic hydroxyl groups excluding tert-OH is 1. The number of aromatic hydroxyl groups is 1. The van der Waals surface area contributed by atoms with Crippen molar-refractivity contribution in [3.05, 3.63) is 53.1 Å². The van der Waals surface area contributed by atoms with Gasteiger partial charge in [0.15, 0.2) is 11.5 Å². The Morgan fingerprint density at radius 2 is 2.00 bits per heavy atom. The van der Waals surface area contributed by atoms with Gasteiger partial charge in [-0.05, 0) is 74.9 Å². The third-order valence-electron chi connectivity index (χ3n) is 6.86. The van der Waals surface area contributed by atoms with Gasteiger partial charge in [0.25, 0.3) is 0 Å². The molecule has 0 spiro atoms. The van der Waals surface area contributed by atoms with Crippen LogP contribution >= 0.6 is 0 Å². The standard InChI is InChI=1S/C27H31NO4/c1-15-13-27(2,3)28-19-9-8-18-23-21(11-10-20(30)26(23)31-4)32-25(24(18)22(15)19)17-7-5-6-16(12-17)14-29/h8-13,17,25,28-30H,5-7,14H2,1-4H3/t17-,25-/m0/s1. The van der Waals surface area contributed by atoms with Crippen molar-refractivity contribution in [2.75, 3.05) is 19.0 Å². The molecule has 5 rings (SSSR count). The maximum Gasteiger partial charge on any atom is 0.172 e. The first-order chi connectivity index (χ1) is 15.3. The van der Waals surface area contributed by atoms with Gasteiger partial charge in [0, 0.05) is 22.7 Å². The predicted octanol–water partition coefficient (Wildman–Crippen LogP) is 5.83. The Bertz CT molecular complexity index is 1140. The van der Waals surface area contributed by atoms with E-state index < -0.39 is 0 Å². The van der Waals surface area contributed by atoms with Gasteiger partial charge >= 0.3 is 0 Å². The summed E-state index contributed by atoms with van der Waals surface area (Å²) in [4.78, 5) is 0. The first-order valence-corrected chi connectivity index (χ1v) is 11.4. The molecule has 2 heterocycles. The first-order valence-electron chi connectivity index (χ1n) is 11.4. The van der Waals surface area contributed by atoms with E-state index in [-0.39, 0.29) is 29.9 Å². The monoisotopic (exact) mass is 433 g/mol. The third-order valence-corrected chi connectivity index (χ3v) is 6.86. The van der Waals surface area contributed by atoms with Crippen molar-refractivity contribution >= 4 is 11.3 Å². The molecule has 5 heteroatoms. The molecule has 0 saturated carbocycles. The summed E-state index contributed by atoms with van der Waals surface area (Å²) in [6.45, 7) is 6.58. The molecule has 2 aromatic rings. The van der Waals surface area contributed by atoms with E-state index >= 15 is 0 Å². The summed E-state index contributed by atoms with van der Waals surface area (Å²) in [6, 6.07) is 7.69. The van der Waals surface area contributed by atoms with E-state index in [9.17, 15) is 10.2 Å². The first kappa shape index (κ1) is 21.0. The topological polar surface area (TPSA) is 71.0 Å².